The lowest BCUT2D eigenvalue weighted by Gasteiger charge is -2.19. The number of ether oxygens (including phenoxy) is 2. The molecule has 0 unspecified atom stereocenters. The first-order valence-corrected chi connectivity index (χ1v) is 6.06. The normalized spacial score (nSPS) is 15.5. The molecule has 0 atom stereocenters. The minimum Gasteiger partial charge on any atom is -0.461 e. The largest absolute Gasteiger partial charge is 0.471 e. The second-order valence-corrected chi connectivity index (χ2v) is 4.15. The lowest BCUT2D eigenvalue weighted by molar-refractivity contribution is -0.761. The number of esters is 1. The van der Waals surface area contributed by atoms with Crippen LogP contribution < -0.4 is 15.1 Å². The summed E-state index contributed by atoms with van der Waals surface area (Å²) in [6.45, 7) is 1.33. The predicted molar refractivity (Wildman–Crippen MR) is 61.5 cm³/mol. The fourth-order valence-electron chi connectivity index (χ4n) is 1.72. The maximum absolute atomic E-state index is 12.3. The van der Waals surface area contributed by atoms with E-state index in [1.165, 1.54) is 10.3 Å². The van der Waals surface area contributed by atoms with Crippen molar-refractivity contribution < 1.29 is 41.5 Å². The van der Waals surface area contributed by atoms with E-state index in [2.05, 4.69) is 14.5 Å². The number of aromatic nitrogens is 2. The molecule has 2 rings (SSSR count). The number of nitrogens with one attached hydrogen (secondary N) is 1. The first kappa shape index (κ1) is 16.0. The third-order valence-electron chi connectivity index (χ3n) is 2.74. The quantitative estimate of drug-likeness (QED) is 0.575. The van der Waals surface area contributed by atoms with E-state index in [4.69, 9.17) is 4.74 Å². The Morgan fingerprint density at radius 1 is 1.36 bits per heavy atom. The van der Waals surface area contributed by atoms with Gasteiger partial charge in [0, 0.05) is 0 Å². The zero-order chi connectivity index (χ0) is 16.3. The number of hydrogen-bond acceptors (Lipinski definition) is 7. The lowest BCUT2D eigenvalue weighted by Crippen LogP contribution is -2.65. The van der Waals surface area contributed by atoms with Crippen LogP contribution in [0.2, 0.25) is 0 Å². The highest BCUT2D eigenvalue weighted by molar-refractivity contribution is 5.99. The molecular weight excluding hydrogens is 313 g/mol. The summed E-state index contributed by atoms with van der Waals surface area (Å²) in [6, 6.07) is 0. The van der Waals surface area contributed by atoms with Gasteiger partial charge in [-0.3, -0.25) is 14.6 Å². The molecule has 22 heavy (non-hydrogen) atoms. The number of carbonyl (C=O) groups is 2. The summed E-state index contributed by atoms with van der Waals surface area (Å²) in [7, 11) is 1.04. The van der Waals surface area contributed by atoms with E-state index in [1.54, 1.807) is 0 Å². The predicted octanol–water partition coefficient (Wildman–Crippen LogP) is -0.782. The highest BCUT2D eigenvalue weighted by Gasteiger charge is 2.44. The number of methoxy groups -OCH3 is 1. The molecule has 1 amide bonds. The molecule has 2 heterocycles. The van der Waals surface area contributed by atoms with Crippen LogP contribution in [-0.2, 0) is 14.3 Å². The van der Waals surface area contributed by atoms with E-state index < -0.39 is 29.6 Å². The van der Waals surface area contributed by atoms with Gasteiger partial charge in [0.2, 0.25) is 5.27 Å². The molecule has 0 spiro atoms. The number of carbonyl (C=O) groups excluding carboxylic acids is 2. The number of rotatable bonds is 3. The Bertz CT molecular complexity index is 567. The number of halogens is 3. The van der Waals surface area contributed by atoms with Crippen LogP contribution in [0.4, 0.5) is 19.1 Å². The van der Waals surface area contributed by atoms with E-state index in [1.807, 2.05) is 0 Å². The zero-order valence-electron chi connectivity index (χ0n) is 11.3. The molecular formula is C10H12F3N4O5+. The van der Waals surface area contributed by atoms with Gasteiger partial charge in [0.15, 0.2) is 0 Å². The van der Waals surface area contributed by atoms with Gasteiger partial charge in [0.1, 0.15) is 0 Å². The average molecular weight is 325 g/mol. The van der Waals surface area contributed by atoms with E-state index in [9.17, 15) is 22.8 Å². The Hall–Kier alpha value is -2.37. The first-order valence-electron chi connectivity index (χ1n) is 6.06. The number of anilines is 1. The molecule has 1 aromatic heterocycles. The molecule has 0 bridgehead atoms. The van der Waals surface area contributed by atoms with Crippen LogP contribution in [0.5, 0.6) is 0 Å². The van der Waals surface area contributed by atoms with Gasteiger partial charge in [-0.25, -0.2) is 4.79 Å². The van der Waals surface area contributed by atoms with Gasteiger partial charge >= 0.3 is 29.6 Å². The summed E-state index contributed by atoms with van der Waals surface area (Å²) in [5, 5.41) is 6.43. The summed E-state index contributed by atoms with van der Waals surface area (Å²) in [4.78, 5) is 23.7. The summed E-state index contributed by atoms with van der Waals surface area (Å²) >= 11 is 0. The molecule has 1 N–H and O–H groups in total. The van der Waals surface area contributed by atoms with Gasteiger partial charge < -0.3 is 9.47 Å². The van der Waals surface area contributed by atoms with Crippen LogP contribution in [0.25, 0.3) is 0 Å². The van der Waals surface area contributed by atoms with Crippen molar-refractivity contribution in [3.05, 3.63) is 5.69 Å². The maximum Gasteiger partial charge on any atom is 0.471 e. The van der Waals surface area contributed by atoms with E-state index in [-0.39, 0.29) is 0 Å². The van der Waals surface area contributed by atoms with Crippen molar-refractivity contribution in [2.24, 2.45) is 0 Å². The molecule has 1 aromatic rings. The Balaban J connectivity index is 2.32. The minimum atomic E-state index is -5.13. The topological polar surface area (TPSA) is 97.8 Å². The van der Waals surface area contributed by atoms with Gasteiger partial charge in [-0.2, -0.15) is 13.2 Å². The Morgan fingerprint density at radius 3 is 2.55 bits per heavy atom. The molecule has 0 radical (unpaired) electrons. The minimum absolute atomic E-state index is 0.327. The van der Waals surface area contributed by atoms with E-state index in [0.29, 0.717) is 26.3 Å². The van der Waals surface area contributed by atoms with E-state index >= 15 is 0 Å². The number of alkyl halides is 3. The Kier molecular flexibility index (Phi) is 4.49. The van der Waals surface area contributed by atoms with Gasteiger partial charge in [-0.05, 0) is 0 Å². The van der Waals surface area contributed by atoms with Crippen LogP contribution >= 0.6 is 0 Å². The molecule has 1 aliphatic heterocycles. The Morgan fingerprint density at radius 2 is 2.00 bits per heavy atom. The van der Waals surface area contributed by atoms with Crippen molar-refractivity contribution >= 4 is 17.8 Å². The summed E-state index contributed by atoms with van der Waals surface area (Å²) in [5.41, 5.74) is -0.456. The highest BCUT2D eigenvalue weighted by Crippen LogP contribution is 2.19. The Labute approximate surface area is 121 Å². The fourth-order valence-corrected chi connectivity index (χ4v) is 1.72. The molecule has 0 aromatic carbocycles. The first-order chi connectivity index (χ1) is 10.3. The van der Waals surface area contributed by atoms with Crippen LogP contribution in [0.15, 0.2) is 4.52 Å². The molecule has 1 saturated heterocycles. The molecule has 12 heteroatoms. The van der Waals surface area contributed by atoms with Crippen molar-refractivity contribution in [3.63, 3.8) is 0 Å². The number of hydrogen-bond donors (Lipinski definition) is 1. The second-order valence-electron chi connectivity index (χ2n) is 4.15. The summed E-state index contributed by atoms with van der Waals surface area (Å²) in [6.07, 6.45) is -5.13. The van der Waals surface area contributed by atoms with Crippen LogP contribution in [0.1, 0.15) is 10.5 Å². The average Bonchev–Trinajstić information content (AvgIpc) is 2.90. The highest BCUT2D eigenvalue weighted by atomic mass is 19.4. The smallest absolute Gasteiger partial charge is 0.461 e. The van der Waals surface area contributed by atoms with Crippen molar-refractivity contribution in [1.29, 1.82) is 0 Å². The van der Waals surface area contributed by atoms with Crippen molar-refractivity contribution in [1.82, 2.24) is 5.27 Å². The van der Waals surface area contributed by atoms with Crippen molar-refractivity contribution in [3.8, 4) is 0 Å². The number of morpholine rings is 1. The second kappa shape index (κ2) is 6.17. The monoisotopic (exact) mass is 325 g/mol. The van der Waals surface area contributed by atoms with Gasteiger partial charge in [0.05, 0.1) is 38.2 Å². The summed E-state index contributed by atoms with van der Waals surface area (Å²) in [5.74, 6) is -4.05. The van der Waals surface area contributed by atoms with Crippen molar-refractivity contribution in [2.75, 3.05) is 43.7 Å². The molecule has 1 aliphatic rings. The molecule has 122 valence electrons. The van der Waals surface area contributed by atoms with Gasteiger partial charge in [0.25, 0.3) is 0 Å². The number of nitrogens with zero attached hydrogens (tertiary/aromatic N) is 3. The summed E-state index contributed by atoms with van der Waals surface area (Å²) < 4.78 is 51.1. The van der Waals surface area contributed by atoms with Crippen LogP contribution in [0.3, 0.4) is 0 Å². The third-order valence-corrected chi connectivity index (χ3v) is 2.74. The number of amides is 1. The molecule has 9 nitrogen and oxygen atoms in total. The maximum atomic E-state index is 12.3. The van der Waals surface area contributed by atoms with Crippen molar-refractivity contribution in [2.45, 2.75) is 6.18 Å². The molecule has 0 saturated carbocycles. The van der Waals surface area contributed by atoms with E-state index in [0.717, 1.165) is 11.9 Å². The molecule has 0 aliphatic carbocycles. The SMILES string of the molecule is COC(=O)c1c(NC(=O)C(F)(F)F)on[n+]1N1CCOCC1. The van der Waals surface area contributed by atoms with Crippen LogP contribution in [-0.4, -0.2) is 56.7 Å². The molecule has 1 fully saturated rings. The van der Waals surface area contributed by atoms with Gasteiger partial charge in [-0.15, -0.1) is 5.01 Å². The third kappa shape index (κ3) is 3.27. The van der Waals surface area contributed by atoms with Crippen LogP contribution in [0, 0.1) is 0 Å². The lowest BCUT2D eigenvalue weighted by atomic mass is 10.4. The fraction of sp³-hybridized carbons (Fsp3) is 0.600. The standard InChI is InChI=1S/C10H11F3N4O5/c1-20-8(18)6-7(14-9(19)10(11,12)13)22-15-17(6)16-2-4-21-5-3-16/h2-5H2,1H3/p+1. The zero-order valence-corrected chi connectivity index (χ0v) is 11.3. The van der Waals surface area contributed by atoms with Gasteiger partial charge in [-0.1, -0.05) is 0 Å².